The van der Waals surface area contributed by atoms with Gasteiger partial charge < -0.3 is 20.5 Å². The van der Waals surface area contributed by atoms with Crippen molar-refractivity contribution in [1.82, 2.24) is 14.8 Å². The molecule has 106 valence electrons. The number of nitrogens with two attached hydrogens (primary N) is 1. The van der Waals surface area contributed by atoms with Gasteiger partial charge in [0, 0.05) is 31.4 Å². The quantitative estimate of drug-likeness (QED) is 0.818. The molecule has 0 radical (unpaired) electrons. The average Bonchev–Trinajstić information content (AvgIpc) is 3.11. The van der Waals surface area contributed by atoms with Crippen molar-refractivity contribution in [3.8, 4) is 0 Å². The number of amides is 1. The smallest absolute Gasteiger partial charge is 0.268 e. The summed E-state index contributed by atoms with van der Waals surface area (Å²) >= 11 is 0. The minimum absolute atomic E-state index is 0.0467. The predicted molar refractivity (Wildman–Crippen MR) is 77.2 cm³/mol. The van der Waals surface area contributed by atoms with E-state index in [9.17, 15) is 4.79 Å². The number of hydrogen-bond donors (Lipinski definition) is 2. The third-order valence-electron chi connectivity index (χ3n) is 3.58. The summed E-state index contributed by atoms with van der Waals surface area (Å²) in [6.07, 6.45) is 4.39. The normalized spacial score (nSPS) is 15.2. The topological polar surface area (TPSA) is 63.3 Å². The van der Waals surface area contributed by atoms with Crippen molar-refractivity contribution in [3.05, 3.63) is 18.0 Å². The molecule has 1 fully saturated rings. The van der Waals surface area contributed by atoms with E-state index < -0.39 is 0 Å². The van der Waals surface area contributed by atoms with Crippen LogP contribution in [0.4, 0.5) is 5.69 Å². The Balaban J connectivity index is 1.88. The number of carbonyl (C=O) groups excluding carboxylic acids is 1. The summed E-state index contributed by atoms with van der Waals surface area (Å²) in [5.41, 5.74) is 7.04. The van der Waals surface area contributed by atoms with E-state index >= 15 is 0 Å². The number of likely N-dealkylation sites (N-methyl/N-ethyl adjacent to an activating group) is 1. The largest absolute Gasteiger partial charge is 0.397 e. The first-order valence-electron chi connectivity index (χ1n) is 6.95. The van der Waals surface area contributed by atoms with E-state index in [1.54, 1.807) is 6.07 Å². The summed E-state index contributed by atoms with van der Waals surface area (Å²) in [6.45, 7) is 5.65. The zero-order valence-electron chi connectivity index (χ0n) is 12.0. The molecular weight excluding hydrogens is 240 g/mol. The summed E-state index contributed by atoms with van der Waals surface area (Å²) in [5, 5.41) is 2.96. The summed E-state index contributed by atoms with van der Waals surface area (Å²) in [6, 6.07) is 2.69. The Morgan fingerprint density at radius 1 is 1.58 bits per heavy atom. The molecule has 1 heterocycles. The highest BCUT2D eigenvalue weighted by atomic mass is 16.1. The number of rotatable bonds is 6. The molecule has 0 saturated heterocycles. The Morgan fingerprint density at radius 3 is 2.84 bits per heavy atom. The van der Waals surface area contributed by atoms with Crippen LogP contribution in [0.25, 0.3) is 0 Å². The maximum Gasteiger partial charge on any atom is 0.268 e. The van der Waals surface area contributed by atoms with E-state index in [-0.39, 0.29) is 11.9 Å². The zero-order valence-corrected chi connectivity index (χ0v) is 12.0. The standard InChI is InChI=1S/C14H24N4O/c1-10(2)18-9-11(15)8-13(18)14(19)16-6-7-17(3)12-4-5-12/h8-10,12H,4-7,15H2,1-3H3,(H,16,19). The van der Waals surface area contributed by atoms with Crippen LogP contribution in [0.1, 0.15) is 43.2 Å². The lowest BCUT2D eigenvalue weighted by Crippen LogP contribution is -2.34. The molecule has 3 N–H and O–H groups in total. The maximum absolute atomic E-state index is 12.1. The van der Waals surface area contributed by atoms with Gasteiger partial charge in [-0.05, 0) is 39.8 Å². The van der Waals surface area contributed by atoms with Crippen molar-refractivity contribution >= 4 is 11.6 Å². The van der Waals surface area contributed by atoms with E-state index in [1.807, 2.05) is 24.6 Å². The first-order chi connectivity index (χ1) is 8.99. The Hall–Kier alpha value is -1.49. The molecule has 0 aliphatic heterocycles. The monoisotopic (exact) mass is 264 g/mol. The van der Waals surface area contributed by atoms with E-state index in [1.165, 1.54) is 12.8 Å². The van der Waals surface area contributed by atoms with Gasteiger partial charge in [-0.3, -0.25) is 4.79 Å². The fourth-order valence-corrected chi connectivity index (χ4v) is 2.24. The lowest BCUT2D eigenvalue weighted by molar-refractivity contribution is 0.0938. The number of hydrogen-bond acceptors (Lipinski definition) is 3. The van der Waals surface area contributed by atoms with Crippen LogP contribution in [-0.4, -0.2) is 41.6 Å². The lowest BCUT2D eigenvalue weighted by atomic mass is 10.3. The molecule has 1 aromatic rings. The third kappa shape index (κ3) is 3.50. The van der Waals surface area contributed by atoms with Gasteiger partial charge in [-0.1, -0.05) is 0 Å². The number of nitrogen functional groups attached to an aromatic ring is 1. The Morgan fingerprint density at radius 2 is 2.26 bits per heavy atom. The van der Waals surface area contributed by atoms with Gasteiger partial charge >= 0.3 is 0 Å². The molecule has 5 nitrogen and oxygen atoms in total. The molecule has 1 aromatic heterocycles. The van der Waals surface area contributed by atoms with Crippen LogP contribution in [0, 0.1) is 0 Å². The highest BCUT2D eigenvalue weighted by molar-refractivity contribution is 5.93. The molecule has 5 heteroatoms. The second-order valence-electron chi connectivity index (χ2n) is 5.63. The van der Waals surface area contributed by atoms with Gasteiger partial charge in [0.2, 0.25) is 0 Å². The highest BCUT2D eigenvalue weighted by Gasteiger charge is 2.25. The Bertz CT molecular complexity index is 448. The van der Waals surface area contributed by atoms with Gasteiger partial charge in [-0.15, -0.1) is 0 Å². The van der Waals surface area contributed by atoms with E-state index in [4.69, 9.17) is 5.73 Å². The molecule has 1 aliphatic carbocycles. The number of nitrogens with zero attached hydrogens (tertiary/aromatic N) is 2. The first kappa shape index (κ1) is 13.9. The van der Waals surface area contributed by atoms with Crippen molar-refractivity contribution in [2.75, 3.05) is 25.9 Å². The fourth-order valence-electron chi connectivity index (χ4n) is 2.24. The van der Waals surface area contributed by atoms with Gasteiger partial charge in [0.1, 0.15) is 5.69 Å². The summed E-state index contributed by atoms with van der Waals surface area (Å²) in [5.74, 6) is -0.0467. The van der Waals surface area contributed by atoms with Crippen LogP contribution < -0.4 is 11.1 Å². The second kappa shape index (κ2) is 5.65. The SMILES string of the molecule is CC(C)n1cc(N)cc1C(=O)NCCN(C)C1CC1. The highest BCUT2D eigenvalue weighted by Crippen LogP contribution is 2.24. The number of aromatic nitrogens is 1. The van der Waals surface area contributed by atoms with Crippen LogP contribution in [0.15, 0.2) is 12.3 Å². The van der Waals surface area contributed by atoms with Crippen LogP contribution >= 0.6 is 0 Å². The molecule has 1 aliphatic rings. The number of carbonyl (C=O) groups is 1. The minimum Gasteiger partial charge on any atom is -0.397 e. The van der Waals surface area contributed by atoms with Crippen molar-refractivity contribution in [2.45, 2.75) is 38.8 Å². The van der Waals surface area contributed by atoms with Crippen LogP contribution in [0.5, 0.6) is 0 Å². The molecule has 1 amide bonds. The Kier molecular flexibility index (Phi) is 4.14. The average molecular weight is 264 g/mol. The van der Waals surface area contributed by atoms with E-state index in [0.29, 0.717) is 17.9 Å². The van der Waals surface area contributed by atoms with E-state index in [0.717, 1.165) is 12.6 Å². The number of nitrogens with one attached hydrogen (secondary N) is 1. The van der Waals surface area contributed by atoms with Gasteiger partial charge in [0.25, 0.3) is 5.91 Å². The second-order valence-corrected chi connectivity index (χ2v) is 5.63. The summed E-state index contributed by atoms with van der Waals surface area (Å²) < 4.78 is 1.91. The molecule has 0 spiro atoms. The molecule has 1 saturated carbocycles. The van der Waals surface area contributed by atoms with Gasteiger partial charge in [0.15, 0.2) is 0 Å². The van der Waals surface area contributed by atoms with Crippen molar-refractivity contribution < 1.29 is 4.79 Å². The molecule has 2 rings (SSSR count). The predicted octanol–water partition coefficient (Wildman–Crippen LogP) is 1.48. The van der Waals surface area contributed by atoms with Crippen LogP contribution in [0.2, 0.25) is 0 Å². The van der Waals surface area contributed by atoms with Gasteiger partial charge in [-0.25, -0.2) is 0 Å². The van der Waals surface area contributed by atoms with Crippen molar-refractivity contribution in [2.24, 2.45) is 0 Å². The fraction of sp³-hybridized carbons (Fsp3) is 0.643. The zero-order chi connectivity index (χ0) is 14.0. The molecule has 0 unspecified atom stereocenters. The van der Waals surface area contributed by atoms with Crippen molar-refractivity contribution in [3.63, 3.8) is 0 Å². The molecule has 0 bridgehead atoms. The van der Waals surface area contributed by atoms with Crippen LogP contribution in [0.3, 0.4) is 0 Å². The van der Waals surface area contributed by atoms with Gasteiger partial charge in [-0.2, -0.15) is 0 Å². The Labute approximate surface area is 114 Å². The summed E-state index contributed by atoms with van der Waals surface area (Å²) in [7, 11) is 2.11. The number of anilines is 1. The molecular formula is C14H24N4O. The molecule has 0 aromatic carbocycles. The van der Waals surface area contributed by atoms with E-state index in [2.05, 4.69) is 17.3 Å². The first-order valence-corrected chi connectivity index (χ1v) is 6.95. The molecule has 19 heavy (non-hydrogen) atoms. The third-order valence-corrected chi connectivity index (χ3v) is 3.58. The van der Waals surface area contributed by atoms with Crippen LogP contribution in [-0.2, 0) is 0 Å². The summed E-state index contributed by atoms with van der Waals surface area (Å²) in [4.78, 5) is 14.4. The van der Waals surface area contributed by atoms with Gasteiger partial charge in [0.05, 0.1) is 5.69 Å². The lowest BCUT2D eigenvalue weighted by Gasteiger charge is -2.16. The maximum atomic E-state index is 12.1. The van der Waals surface area contributed by atoms with Crippen molar-refractivity contribution in [1.29, 1.82) is 0 Å². The molecule has 0 atom stereocenters. The minimum atomic E-state index is -0.0467.